The molecule has 6 heterocycles. The number of benzene rings is 4. The predicted octanol–water partition coefficient (Wildman–Crippen LogP) is 7.75. The van der Waals surface area contributed by atoms with Gasteiger partial charge in [0.05, 0.1) is 49.6 Å². The minimum atomic E-state index is -0.889. The first-order chi connectivity index (χ1) is 32.3. The lowest BCUT2D eigenvalue weighted by Gasteiger charge is -2.34. The Balaban J connectivity index is 0.841. The molecule has 3 fully saturated rings. The summed E-state index contributed by atoms with van der Waals surface area (Å²) in [7, 11) is 2.59. The van der Waals surface area contributed by atoms with Crippen LogP contribution in [0, 0.1) is 5.92 Å². The number of rotatable bonds is 10. The largest absolute Gasteiger partial charge is 0.487 e. The van der Waals surface area contributed by atoms with E-state index in [1.54, 1.807) is 4.90 Å². The maximum Gasteiger partial charge on any atom is 0.407 e. The minimum Gasteiger partial charge on any atom is -0.487 e. The Morgan fingerprint density at radius 3 is 2.12 bits per heavy atom. The number of aromatic nitrogens is 4. The molecule has 4 unspecified atom stereocenters. The first-order valence-corrected chi connectivity index (χ1v) is 22.6. The quantitative estimate of drug-likeness (QED) is 0.106. The lowest BCUT2D eigenvalue weighted by Crippen LogP contribution is -2.53. The molecule has 10 rings (SSSR count). The second-order valence-electron chi connectivity index (χ2n) is 17.3. The van der Waals surface area contributed by atoms with Crippen LogP contribution in [0.2, 0.25) is 0 Å². The topological polar surface area (TPSA) is 193 Å². The number of carbonyl (C=O) groups is 4. The van der Waals surface area contributed by atoms with Gasteiger partial charge in [-0.3, -0.25) is 9.59 Å². The monoisotopic (exact) mass is 892 g/mol. The van der Waals surface area contributed by atoms with Gasteiger partial charge in [0.25, 0.3) is 5.91 Å². The summed E-state index contributed by atoms with van der Waals surface area (Å²) in [6.07, 6.45) is 5.02. The van der Waals surface area contributed by atoms with Crippen molar-refractivity contribution in [2.75, 3.05) is 40.5 Å². The van der Waals surface area contributed by atoms with Crippen molar-refractivity contribution < 1.29 is 38.1 Å². The minimum absolute atomic E-state index is 0.0446. The molecule has 4 amide bonds. The molecule has 0 saturated carbocycles. The molecule has 16 nitrogen and oxygen atoms in total. The number of hydrogen-bond acceptors (Lipinski definition) is 10. The van der Waals surface area contributed by atoms with E-state index in [0.717, 1.165) is 81.5 Å². The number of methoxy groups -OCH3 is 2. The van der Waals surface area contributed by atoms with Crippen LogP contribution in [0.3, 0.4) is 0 Å². The van der Waals surface area contributed by atoms with E-state index in [0.29, 0.717) is 63.0 Å². The maximum absolute atomic E-state index is 14.1. The van der Waals surface area contributed by atoms with Crippen molar-refractivity contribution in [1.82, 2.24) is 40.4 Å². The third-order valence-corrected chi connectivity index (χ3v) is 13.5. The number of hydrogen-bond donors (Lipinski definition) is 4. The van der Waals surface area contributed by atoms with E-state index in [9.17, 15) is 19.2 Å². The summed E-state index contributed by atoms with van der Waals surface area (Å²) >= 11 is 0. The molecule has 340 valence electrons. The molecule has 4 N–H and O–H groups in total. The Hall–Kier alpha value is -7.20. The van der Waals surface area contributed by atoms with E-state index >= 15 is 0 Å². The van der Waals surface area contributed by atoms with Crippen LogP contribution in [-0.2, 0) is 30.4 Å². The zero-order chi connectivity index (χ0) is 45.3. The average Bonchev–Trinajstić information content (AvgIpc) is 4.21. The van der Waals surface area contributed by atoms with E-state index in [-0.39, 0.29) is 29.8 Å². The summed E-state index contributed by atoms with van der Waals surface area (Å²) in [5, 5.41) is 7.68. The standard InChI is InChI=1S/C50H52N8O8/c1-63-49(61)55-42(29-8-4-3-5-9-29)47(59)57-20-6-10-39(57)45-51-27-37(52-45)35-15-14-31-24-32(12-13-33(31)25-35)34-16-17-36-41(26-34)66-28-38-44(36)54-46(53-38)40-11-7-21-58(40)48(60)43(56-50(62)64-2)30-18-22-65-23-19-30/h3-5,8-9,12-17,24-27,30,39-40,42-43H,6-7,10-11,18-23,28H2,1-2H3,(H,51,52)(H,53,54)(H,55,61)(H,56,62). The molecular weight excluding hydrogens is 841 g/mol. The zero-order valence-corrected chi connectivity index (χ0v) is 36.9. The SMILES string of the molecule is COC(=O)NC(C(=O)N1CCCC1c1ncc(-c2ccc3cc(-c4ccc5c(c4)OCc4[nH]c(C6CCCN6C(=O)C(NC(=O)OC)C6CCOCC6)nc4-5)ccc3c2)[nH]1)c1ccccc1. The van der Waals surface area contributed by atoms with Crippen molar-refractivity contribution >= 4 is 34.8 Å². The van der Waals surface area contributed by atoms with Gasteiger partial charge in [-0.05, 0) is 96.2 Å². The van der Waals surface area contributed by atoms with Gasteiger partial charge in [0.2, 0.25) is 5.91 Å². The molecule has 3 saturated heterocycles. The molecule has 6 aromatic rings. The second-order valence-corrected chi connectivity index (χ2v) is 17.3. The maximum atomic E-state index is 14.1. The highest BCUT2D eigenvalue weighted by Crippen LogP contribution is 2.42. The number of fused-ring (bicyclic) bond motifs is 4. The summed E-state index contributed by atoms with van der Waals surface area (Å²) in [4.78, 5) is 73.2. The van der Waals surface area contributed by atoms with E-state index in [1.807, 2.05) is 47.5 Å². The van der Waals surface area contributed by atoms with Gasteiger partial charge >= 0.3 is 12.2 Å². The lowest BCUT2D eigenvalue weighted by molar-refractivity contribution is -0.137. The van der Waals surface area contributed by atoms with Crippen LogP contribution >= 0.6 is 0 Å². The van der Waals surface area contributed by atoms with Crippen LogP contribution in [0.5, 0.6) is 5.75 Å². The fourth-order valence-electron chi connectivity index (χ4n) is 10.0. The third kappa shape index (κ3) is 8.32. The molecular formula is C50H52N8O8. The smallest absolute Gasteiger partial charge is 0.407 e. The number of alkyl carbamates (subject to hydrolysis) is 2. The molecule has 0 radical (unpaired) electrons. The van der Waals surface area contributed by atoms with E-state index in [4.69, 9.17) is 28.9 Å². The molecule has 0 bridgehead atoms. The van der Waals surface area contributed by atoms with Gasteiger partial charge in [-0.1, -0.05) is 60.7 Å². The Bertz CT molecular complexity index is 2780. The zero-order valence-electron chi connectivity index (χ0n) is 36.9. The van der Waals surface area contributed by atoms with Crippen molar-refractivity contribution in [1.29, 1.82) is 0 Å². The van der Waals surface area contributed by atoms with E-state index in [2.05, 4.69) is 69.1 Å². The number of H-pyrrole nitrogens is 2. The molecule has 4 aliphatic heterocycles. The van der Waals surface area contributed by atoms with Crippen LogP contribution in [0.4, 0.5) is 9.59 Å². The summed E-state index contributed by atoms with van der Waals surface area (Å²) in [5.74, 6) is 1.77. The highest BCUT2D eigenvalue weighted by molar-refractivity contribution is 5.92. The summed E-state index contributed by atoms with van der Waals surface area (Å²) in [6, 6.07) is 25.9. The Kier molecular flexibility index (Phi) is 11.9. The first kappa shape index (κ1) is 42.7. The Labute approximate surface area is 381 Å². The van der Waals surface area contributed by atoms with Crippen LogP contribution in [0.1, 0.15) is 79.6 Å². The number of nitrogens with zero attached hydrogens (tertiary/aromatic N) is 4. The molecule has 4 aromatic carbocycles. The number of amides is 4. The number of imidazole rings is 2. The molecule has 4 atom stereocenters. The van der Waals surface area contributed by atoms with Crippen molar-refractivity contribution in [3.63, 3.8) is 0 Å². The van der Waals surface area contributed by atoms with Crippen LogP contribution in [0.15, 0.2) is 91.1 Å². The third-order valence-electron chi connectivity index (χ3n) is 13.5. The Morgan fingerprint density at radius 1 is 0.727 bits per heavy atom. The van der Waals surface area contributed by atoms with Gasteiger partial charge in [0.1, 0.15) is 36.1 Å². The van der Waals surface area contributed by atoms with Crippen molar-refractivity contribution in [3.8, 4) is 39.4 Å². The number of carbonyl (C=O) groups excluding carboxylic acids is 4. The van der Waals surface area contributed by atoms with Crippen molar-refractivity contribution in [2.45, 2.75) is 69.3 Å². The van der Waals surface area contributed by atoms with Gasteiger partial charge < -0.3 is 49.3 Å². The summed E-state index contributed by atoms with van der Waals surface area (Å²) in [6.45, 7) is 2.54. The summed E-state index contributed by atoms with van der Waals surface area (Å²) < 4.78 is 21.6. The number of likely N-dealkylation sites (tertiary alicyclic amines) is 2. The Morgan fingerprint density at radius 2 is 1.38 bits per heavy atom. The first-order valence-electron chi connectivity index (χ1n) is 22.6. The number of nitrogens with one attached hydrogen (secondary N) is 4. The molecule has 66 heavy (non-hydrogen) atoms. The molecule has 2 aromatic heterocycles. The fourth-order valence-corrected chi connectivity index (χ4v) is 10.0. The van der Waals surface area contributed by atoms with E-state index in [1.165, 1.54) is 14.2 Å². The highest BCUT2D eigenvalue weighted by atomic mass is 16.5. The van der Waals surface area contributed by atoms with Gasteiger partial charge in [0.15, 0.2) is 0 Å². The van der Waals surface area contributed by atoms with Crippen LogP contribution < -0.4 is 15.4 Å². The van der Waals surface area contributed by atoms with Crippen molar-refractivity contribution in [3.05, 3.63) is 114 Å². The number of aromatic amines is 2. The van der Waals surface area contributed by atoms with Gasteiger partial charge in [-0.25, -0.2) is 19.6 Å². The van der Waals surface area contributed by atoms with Crippen LogP contribution in [0.25, 0.3) is 44.4 Å². The lowest BCUT2D eigenvalue weighted by atomic mass is 9.90. The van der Waals surface area contributed by atoms with Crippen LogP contribution in [-0.4, -0.2) is 100 Å². The normalized spacial score (nSPS) is 19.1. The van der Waals surface area contributed by atoms with Crippen molar-refractivity contribution in [2.24, 2.45) is 5.92 Å². The second kappa shape index (κ2) is 18.4. The predicted molar refractivity (Wildman–Crippen MR) is 244 cm³/mol. The molecule has 4 aliphatic rings. The summed E-state index contributed by atoms with van der Waals surface area (Å²) in [5.41, 5.74) is 7.11. The van der Waals surface area contributed by atoms with Gasteiger partial charge in [-0.15, -0.1) is 0 Å². The van der Waals surface area contributed by atoms with Gasteiger partial charge in [0, 0.05) is 37.4 Å². The van der Waals surface area contributed by atoms with Gasteiger partial charge in [-0.2, -0.15) is 0 Å². The molecule has 16 heteroatoms. The molecule has 0 aliphatic carbocycles. The van der Waals surface area contributed by atoms with E-state index < -0.39 is 24.3 Å². The number of ether oxygens (including phenoxy) is 4. The highest BCUT2D eigenvalue weighted by Gasteiger charge is 2.41. The average molecular weight is 893 g/mol. The fraction of sp³-hybridized carbons (Fsp3) is 0.360. The molecule has 0 spiro atoms.